The van der Waals surface area contributed by atoms with Gasteiger partial charge < -0.3 is 14.2 Å². The highest BCUT2D eigenvalue weighted by molar-refractivity contribution is 6.35. The van der Waals surface area contributed by atoms with E-state index in [1.54, 1.807) is 18.2 Å². The van der Waals surface area contributed by atoms with Gasteiger partial charge in [-0.3, -0.25) is 9.59 Å². The van der Waals surface area contributed by atoms with Gasteiger partial charge in [0.05, 0.1) is 19.0 Å². The molecule has 1 fully saturated rings. The second-order valence-electron chi connectivity index (χ2n) is 5.52. The average Bonchev–Trinajstić information content (AvgIpc) is 2.99. The van der Waals surface area contributed by atoms with Crippen LogP contribution in [0.25, 0.3) is 0 Å². The fourth-order valence-electron chi connectivity index (χ4n) is 2.22. The van der Waals surface area contributed by atoms with Gasteiger partial charge in [0, 0.05) is 5.92 Å². The van der Waals surface area contributed by atoms with Crippen molar-refractivity contribution in [2.45, 2.75) is 25.8 Å². The van der Waals surface area contributed by atoms with Crippen molar-refractivity contribution >= 4 is 18.0 Å². The number of nitrogens with zero attached hydrogens (tertiary/aromatic N) is 1. The Morgan fingerprint density at radius 1 is 1.35 bits per heavy atom. The first-order valence-electron chi connectivity index (χ1n) is 7.37. The minimum Gasteiger partial charge on any atom is -0.467 e. The summed E-state index contributed by atoms with van der Waals surface area (Å²) in [6.07, 6.45) is 4.00. The number of rotatable bonds is 5. The molecule has 1 aliphatic carbocycles. The van der Waals surface area contributed by atoms with Crippen LogP contribution in [0.2, 0.25) is 0 Å². The number of furan rings is 2. The molecule has 0 radical (unpaired) electrons. The van der Waals surface area contributed by atoms with Gasteiger partial charge in [0.1, 0.15) is 17.3 Å². The van der Waals surface area contributed by atoms with E-state index in [4.69, 9.17) is 8.83 Å². The largest absolute Gasteiger partial charge is 0.467 e. The molecule has 0 saturated heterocycles. The van der Waals surface area contributed by atoms with Crippen LogP contribution in [0.3, 0.4) is 0 Å². The van der Waals surface area contributed by atoms with Gasteiger partial charge in [-0.15, -0.1) is 0 Å². The van der Waals surface area contributed by atoms with Crippen molar-refractivity contribution in [3.05, 3.63) is 47.8 Å². The molecule has 0 spiro atoms. The summed E-state index contributed by atoms with van der Waals surface area (Å²) in [5.74, 6) is 1.53. The summed E-state index contributed by atoms with van der Waals surface area (Å²) in [4.78, 5) is 23.1. The molecule has 1 saturated carbocycles. The number of amides is 2. The first kappa shape index (κ1) is 15.1. The molecule has 3 rings (SSSR count). The molecule has 2 N–H and O–H groups in total. The van der Waals surface area contributed by atoms with Gasteiger partial charge in [0.2, 0.25) is 0 Å². The lowest BCUT2D eigenvalue weighted by molar-refractivity contribution is -0.139. The molecule has 0 aromatic carbocycles. The molecule has 2 heterocycles. The molecule has 0 aliphatic heterocycles. The van der Waals surface area contributed by atoms with Crippen LogP contribution in [-0.2, 0) is 16.1 Å². The number of nitrogens with one attached hydrogen (secondary N) is 2. The molecular weight excluding hydrogens is 298 g/mol. The lowest BCUT2D eigenvalue weighted by atomic mass is 10.3. The average molecular weight is 315 g/mol. The highest BCUT2D eigenvalue weighted by atomic mass is 16.3. The Morgan fingerprint density at radius 2 is 2.17 bits per heavy atom. The van der Waals surface area contributed by atoms with Crippen LogP contribution < -0.4 is 10.7 Å². The summed E-state index contributed by atoms with van der Waals surface area (Å²) < 4.78 is 10.7. The zero-order chi connectivity index (χ0) is 16.2. The normalized spacial score (nSPS) is 19.7. The maximum absolute atomic E-state index is 11.6. The molecule has 1 aliphatic rings. The van der Waals surface area contributed by atoms with Gasteiger partial charge in [-0.05, 0) is 36.6 Å². The number of hydrogen-bond donors (Lipinski definition) is 2. The summed E-state index contributed by atoms with van der Waals surface area (Å²) in [6, 6.07) is 7.10. The highest BCUT2D eigenvalue weighted by Gasteiger charge is 2.36. The smallest absolute Gasteiger partial charge is 0.329 e. The highest BCUT2D eigenvalue weighted by Crippen LogP contribution is 2.47. The van der Waals surface area contributed by atoms with Crippen LogP contribution in [0, 0.1) is 5.92 Å². The zero-order valence-electron chi connectivity index (χ0n) is 12.6. The van der Waals surface area contributed by atoms with E-state index in [2.05, 4.69) is 22.8 Å². The van der Waals surface area contributed by atoms with E-state index in [1.165, 1.54) is 12.5 Å². The molecule has 0 unspecified atom stereocenters. The lowest BCUT2D eigenvalue weighted by Crippen LogP contribution is -2.37. The molecule has 2 aromatic heterocycles. The van der Waals surface area contributed by atoms with Gasteiger partial charge >= 0.3 is 11.8 Å². The van der Waals surface area contributed by atoms with Crippen LogP contribution in [0.15, 0.2) is 44.5 Å². The topological polar surface area (TPSA) is 96.8 Å². The first-order valence-corrected chi connectivity index (χ1v) is 7.37. The summed E-state index contributed by atoms with van der Waals surface area (Å²) in [6.45, 7) is 2.31. The molecule has 7 nitrogen and oxygen atoms in total. The van der Waals surface area contributed by atoms with Crippen molar-refractivity contribution in [1.29, 1.82) is 0 Å². The van der Waals surface area contributed by atoms with Crippen LogP contribution in [0.1, 0.15) is 36.5 Å². The summed E-state index contributed by atoms with van der Waals surface area (Å²) in [7, 11) is 0. The molecule has 2 aromatic rings. The van der Waals surface area contributed by atoms with Crippen molar-refractivity contribution in [2.24, 2.45) is 11.0 Å². The summed E-state index contributed by atoms with van der Waals surface area (Å²) >= 11 is 0. The fourth-order valence-corrected chi connectivity index (χ4v) is 2.22. The van der Waals surface area contributed by atoms with Gasteiger partial charge in [-0.2, -0.15) is 5.10 Å². The Morgan fingerprint density at radius 3 is 2.87 bits per heavy atom. The van der Waals surface area contributed by atoms with Gasteiger partial charge in [-0.1, -0.05) is 6.92 Å². The van der Waals surface area contributed by atoms with Crippen LogP contribution in [0.5, 0.6) is 0 Å². The predicted octanol–water partition coefficient (Wildman–Crippen LogP) is 1.76. The number of carbonyl (C=O) groups is 2. The molecule has 120 valence electrons. The minimum absolute atomic E-state index is 0.143. The van der Waals surface area contributed by atoms with E-state index in [1.807, 2.05) is 6.07 Å². The third-order valence-electron chi connectivity index (χ3n) is 3.69. The van der Waals surface area contributed by atoms with E-state index >= 15 is 0 Å². The Labute approximate surface area is 132 Å². The van der Waals surface area contributed by atoms with E-state index in [0.29, 0.717) is 23.4 Å². The number of hydrogen-bond acceptors (Lipinski definition) is 5. The van der Waals surface area contributed by atoms with Crippen molar-refractivity contribution in [2.75, 3.05) is 0 Å². The van der Waals surface area contributed by atoms with E-state index in [-0.39, 0.29) is 6.54 Å². The monoisotopic (exact) mass is 315 g/mol. The van der Waals surface area contributed by atoms with Crippen molar-refractivity contribution in [1.82, 2.24) is 10.7 Å². The van der Waals surface area contributed by atoms with Gasteiger partial charge in [-0.25, -0.2) is 5.43 Å². The third-order valence-corrected chi connectivity index (χ3v) is 3.69. The van der Waals surface area contributed by atoms with E-state index < -0.39 is 11.8 Å². The maximum atomic E-state index is 11.6. The van der Waals surface area contributed by atoms with Crippen molar-refractivity contribution in [3.8, 4) is 0 Å². The zero-order valence-corrected chi connectivity index (χ0v) is 12.6. The Balaban J connectivity index is 1.44. The maximum Gasteiger partial charge on any atom is 0.329 e. The van der Waals surface area contributed by atoms with Crippen molar-refractivity contribution < 1.29 is 18.4 Å². The number of carbonyl (C=O) groups excluding carboxylic acids is 2. The summed E-state index contributed by atoms with van der Waals surface area (Å²) in [5.41, 5.74) is 2.15. The quantitative estimate of drug-likeness (QED) is 0.499. The molecule has 7 heteroatoms. The molecule has 23 heavy (non-hydrogen) atoms. The fraction of sp³-hybridized carbons (Fsp3) is 0.312. The molecular formula is C16H17N3O4. The molecule has 0 bridgehead atoms. The van der Waals surface area contributed by atoms with E-state index in [9.17, 15) is 9.59 Å². The van der Waals surface area contributed by atoms with Gasteiger partial charge in [0.15, 0.2) is 0 Å². The molecule has 2 amide bonds. The second kappa shape index (κ2) is 6.51. The second-order valence-corrected chi connectivity index (χ2v) is 5.52. The Kier molecular flexibility index (Phi) is 4.27. The SMILES string of the molecule is C[C@H]1C[C@H]1c1ccc(/C=N\NC(=O)C(=O)NCc2ccco2)o1. The van der Waals surface area contributed by atoms with Gasteiger partial charge in [0.25, 0.3) is 0 Å². The molecule has 2 atom stereocenters. The Hall–Kier alpha value is -2.83. The number of hydrazone groups is 1. The standard InChI is InChI=1S/C16H17N3O4/c1-10-7-13(10)14-5-4-12(23-14)9-18-19-16(21)15(20)17-8-11-3-2-6-22-11/h2-6,9-10,13H,7-8H2,1H3,(H,17,20)(H,19,21)/b18-9-/t10-,13+/m0/s1. The lowest BCUT2D eigenvalue weighted by Gasteiger charge is -2.01. The van der Waals surface area contributed by atoms with Crippen LogP contribution in [-0.4, -0.2) is 18.0 Å². The predicted molar refractivity (Wildman–Crippen MR) is 81.5 cm³/mol. The first-order chi connectivity index (χ1) is 11.1. The Bertz CT molecular complexity index is 718. The minimum atomic E-state index is -0.851. The van der Waals surface area contributed by atoms with Crippen molar-refractivity contribution in [3.63, 3.8) is 0 Å². The van der Waals surface area contributed by atoms with E-state index in [0.717, 1.165) is 12.2 Å². The van der Waals surface area contributed by atoms with Crippen LogP contribution in [0.4, 0.5) is 0 Å². The van der Waals surface area contributed by atoms with Crippen LogP contribution >= 0.6 is 0 Å². The third kappa shape index (κ3) is 3.88. The summed E-state index contributed by atoms with van der Waals surface area (Å²) in [5, 5.41) is 6.14.